The molecule has 2 rings (SSSR count). The van der Waals surface area contributed by atoms with Crippen LogP contribution in [0.5, 0.6) is 0 Å². The number of hydrazine groups is 1. The van der Waals surface area contributed by atoms with Gasteiger partial charge in [-0.2, -0.15) is 0 Å². The van der Waals surface area contributed by atoms with Crippen LogP contribution >= 0.6 is 0 Å². The first-order chi connectivity index (χ1) is 7.74. The van der Waals surface area contributed by atoms with Gasteiger partial charge in [0, 0.05) is 45.8 Å². The van der Waals surface area contributed by atoms with Crippen molar-refractivity contribution in [3.05, 3.63) is 0 Å². The molecule has 0 aromatic carbocycles. The number of piperazine rings is 1. The molecule has 2 saturated heterocycles. The van der Waals surface area contributed by atoms with E-state index in [1.165, 1.54) is 0 Å². The molecule has 0 radical (unpaired) electrons. The number of morpholine rings is 1. The van der Waals surface area contributed by atoms with Gasteiger partial charge in [-0.1, -0.05) is 0 Å². The van der Waals surface area contributed by atoms with E-state index >= 15 is 0 Å². The molecule has 1 atom stereocenters. The van der Waals surface area contributed by atoms with Crippen molar-refractivity contribution in [1.29, 1.82) is 0 Å². The minimum atomic E-state index is 0.346. The second-order valence-corrected chi connectivity index (χ2v) is 4.91. The van der Waals surface area contributed by atoms with Crippen molar-refractivity contribution in [2.75, 3.05) is 66.5 Å². The molecule has 2 fully saturated rings. The summed E-state index contributed by atoms with van der Waals surface area (Å²) in [5.41, 5.74) is 3.49. The summed E-state index contributed by atoms with van der Waals surface area (Å²) in [6.45, 7) is 8.43. The zero-order chi connectivity index (χ0) is 11.4. The average Bonchev–Trinajstić information content (AvgIpc) is 2.28. The number of likely N-dealkylation sites (N-methyl/N-ethyl adjacent to an activating group) is 2. The predicted octanol–water partition coefficient (Wildman–Crippen LogP) is -0.931. The van der Waals surface area contributed by atoms with Gasteiger partial charge in [-0.25, -0.2) is 5.01 Å². The smallest absolute Gasteiger partial charge is 0.0840 e. The molecule has 0 bridgehead atoms. The number of nitrogens with one attached hydrogen (secondary N) is 1. The van der Waals surface area contributed by atoms with Crippen LogP contribution in [-0.4, -0.2) is 87.4 Å². The fourth-order valence-electron chi connectivity index (χ4n) is 2.19. The number of hydrogen-bond acceptors (Lipinski definition) is 5. The fourth-order valence-corrected chi connectivity index (χ4v) is 2.19. The van der Waals surface area contributed by atoms with Crippen molar-refractivity contribution < 1.29 is 4.74 Å². The first kappa shape index (κ1) is 12.3. The molecule has 1 N–H and O–H groups in total. The Labute approximate surface area is 98.3 Å². The van der Waals surface area contributed by atoms with Crippen molar-refractivity contribution >= 4 is 0 Å². The Morgan fingerprint density at radius 3 is 2.50 bits per heavy atom. The molecular formula is C11H24N4O. The Morgan fingerprint density at radius 2 is 1.81 bits per heavy atom. The zero-order valence-corrected chi connectivity index (χ0v) is 10.5. The molecule has 16 heavy (non-hydrogen) atoms. The monoisotopic (exact) mass is 228 g/mol. The summed E-state index contributed by atoms with van der Waals surface area (Å²) in [4.78, 5) is 4.70. The summed E-state index contributed by atoms with van der Waals surface area (Å²) in [6.07, 6.45) is 0.346. The SMILES string of the molecule is CN1CCN(NCC2CN(C)CCO2)CC1. The molecule has 0 saturated carbocycles. The Morgan fingerprint density at radius 1 is 1.06 bits per heavy atom. The average molecular weight is 228 g/mol. The molecule has 0 aromatic rings. The van der Waals surface area contributed by atoms with Gasteiger partial charge in [-0.05, 0) is 14.1 Å². The van der Waals surface area contributed by atoms with Gasteiger partial charge < -0.3 is 14.5 Å². The van der Waals surface area contributed by atoms with Crippen molar-refractivity contribution in [1.82, 2.24) is 20.2 Å². The largest absolute Gasteiger partial charge is 0.374 e. The Kier molecular flexibility index (Phi) is 4.55. The van der Waals surface area contributed by atoms with Crippen molar-refractivity contribution in [2.24, 2.45) is 0 Å². The predicted molar refractivity (Wildman–Crippen MR) is 64.3 cm³/mol. The Bertz CT molecular complexity index is 206. The van der Waals surface area contributed by atoms with Gasteiger partial charge in [-0.15, -0.1) is 0 Å². The summed E-state index contributed by atoms with van der Waals surface area (Å²) in [7, 11) is 4.34. The molecule has 0 spiro atoms. The molecule has 1 unspecified atom stereocenters. The van der Waals surface area contributed by atoms with Crippen LogP contribution in [0.3, 0.4) is 0 Å². The van der Waals surface area contributed by atoms with E-state index in [1.807, 2.05) is 0 Å². The normalized spacial score (nSPS) is 30.8. The summed E-state index contributed by atoms with van der Waals surface area (Å²) in [5.74, 6) is 0. The molecule has 0 amide bonds. The lowest BCUT2D eigenvalue weighted by atomic mass is 10.3. The van der Waals surface area contributed by atoms with Crippen LogP contribution in [0.2, 0.25) is 0 Å². The van der Waals surface area contributed by atoms with Gasteiger partial charge >= 0.3 is 0 Å². The van der Waals surface area contributed by atoms with E-state index in [0.29, 0.717) is 6.10 Å². The van der Waals surface area contributed by atoms with Crippen molar-refractivity contribution in [2.45, 2.75) is 6.10 Å². The van der Waals surface area contributed by atoms with E-state index in [2.05, 4.69) is 34.3 Å². The highest BCUT2D eigenvalue weighted by Gasteiger charge is 2.19. The second-order valence-electron chi connectivity index (χ2n) is 4.91. The van der Waals surface area contributed by atoms with Gasteiger partial charge in [0.25, 0.3) is 0 Å². The highest BCUT2D eigenvalue weighted by molar-refractivity contribution is 4.72. The van der Waals surface area contributed by atoms with Gasteiger partial charge in [0.15, 0.2) is 0 Å². The highest BCUT2D eigenvalue weighted by atomic mass is 16.5. The third-order valence-electron chi connectivity index (χ3n) is 3.39. The van der Waals surface area contributed by atoms with Crippen LogP contribution in [0.4, 0.5) is 0 Å². The quantitative estimate of drug-likeness (QED) is 0.674. The van der Waals surface area contributed by atoms with Crippen LogP contribution in [0.1, 0.15) is 0 Å². The fraction of sp³-hybridized carbons (Fsp3) is 1.00. The van der Waals surface area contributed by atoms with Crippen LogP contribution < -0.4 is 5.43 Å². The maximum absolute atomic E-state index is 5.72. The number of ether oxygens (including phenoxy) is 1. The third-order valence-corrected chi connectivity index (χ3v) is 3.39. The van der Waals surface area contributed by atoms with E-state index in [4.69, 9.17) is 4.74 Å². The standard InChI is InChI=1S/C11H24N4O/c1-13-3-5-15(6-4-13)12-9-11-10-14(2)7-8-16-11/h11-12H,3-10H2,1-2H3. The Hall–Kier alpha value is -0.200. The summed E-state index contributed by atoms with van der Waals surface area (Å²) in [5, 5.41) is 2.32. The van der Waals surface area contributed by atoms with E-state index in [0.717, 1.165) is 52.4 Å². The summed E-state index contributed by atoms with van der Waals surface area (Å²) < 4.78 is 5.72. The zero-order valence-electron chi connectivity index (χ0n) is 10.5. The molecular weight excluding hydrogens is 204 g/mol. The molecule has 94 valence electrons. The molecule has 2 heterocycles. The summed E-state index contributed by atoms with van der Waals surface area (Å²) >= 11 is 0. The van der Waals surface area contributed by atoms with E-state index in [-0.39, 0.29) is 0 Å². The molecule has 0 aliphatic carbocycles. The molecule has 5 heteroatoms. The van der Waals surface area contributed by atoms with Gasteiger partial charge in [-0.3, -0.25) is 5.43 Å². The third kappa shape index (κ3) is 3.68. The lowest BCUT2D eigenvalue weighted by Crippen LogP contribution is -2.54. The van der Waals surface area contributed by atoms with Gasteiger partial charge in [0.2, 0.25) is 0 Å². The van der Waals surface area contributed by atoms with Crippen LogP contribution in [0, 0.1) is 0 Å². The second kappa shape index (κ2) is 5.93. The van der Waals surface area contributed by atoms with E-state index < -0.39 is 0 Å². The molecule has 0 aromatic heterocycles. The van der Waals surface area contributed by atoms with Crippen LogP contribution in [0.15, 0.2) is 0 Å². The molecule has 2 aliphatic heterocycles. The lowest BCUT2D eigenvalue weighted by Gasteiger charge is -2.35. The summed E-state index contributed by atoms with van der Waals surface area (Å²) in [6, 6.07) is 0. The number of rotatable bonds is 3. The van der Waals surface area contributed by atoms with Gasteiger partial charge in [0.1, 0.15) is 0 Å². The minimum Gasteiger partial charge on any atom is -0.374 e. The van der Waals surface area contributed by atoms with E-state index in [1.54, 1.807) is 0 Å². The first-order valence-corrected chi connectivity index (χ1v) is 6.21. The topological polar surface area (TPSA) is 31.0 Å². The van der Waals surface area contributed by atoms with Crippen LogP contribution in [0.25, 0.3) is 0 Å². The van der Waals surface area contributed by atoms with Crippen molar-refractivity contribution in [3.8, 4) is 0 Å². The van der Waals surface area contributed by atoms with Gasteiger partial charge in [0.05, 0.1) is 12.7 Å². The first-order valence-electron chi connectivity index (χ1n) is 6.21. The molecule has 2 aliphatic rings. The Balaban J connectivity index is 1.63. The molecule has 5 nitrogen and oxygen atoms in total. The van der Waals surface area contributed by atoms with E-state index in [9.17, 15) is 0 Å². The maximum atomic E-state index is 5.72. The number of nitrogens with zero attached hydrogens (tertiary/aromatic N) is 3. The highest BCUT2D eigenvalue weighted by Crippen LogP contribution is 2.02. The minimum absolute atomic E-state index is 0.346. The number of hydrogen-bond donors (Lipinski definition) is 1. The van der Waals surface area contributed by atoms with Crippen molar-refractivity contribution in [3.63, 3.8) is 0 Å². The van der Waals surface area contributed by atoms with Crippen LogP contribution in [-0.2, 0) is 4.74 Å². The lowest BCUT2D eigenvalue weighted by molar-refractivity contribution is -0.0310. The maximum Gasteiger partial charge on any atom is 0.0840 e.